The van der Waals surface area contributed by atoms with Gasteiger partial charge in [0.25, 0.3) is 0 Å². The maximum absolute atomic E-state index is 11.9. The van der Waals surface area contributed by atoms with E-state index < -0.39 is 0 Å². The van der Waals surface area contributed by atoms with Crippen LogP contribution in [0.15, 0.2) is 72.8 Å². The van der Waals surface area contributed by atoms with Crippen molar-refractivity contribution in [2.75, 3.05) is 0 Å². The van der Waals surface area contributed by atoms with Crippen molar-refractivity contribution in [2.24, 2.45) is 0 Å². The predicted octanol–water partition coefficient (Wildman–Crippen LogP) is 5.66. The van der Waals surface area contributed by atoms with Crippen LogP contribution in [0.2, 0.25) is 0 Å². The summed E-state index contributed by atoms with van der Waals surface area (Å²) in [6.45, 7) is 0. The molecule has 0 radical (unpaired) electrons. The van der Waals surface area contributed by atoms with E-state index in [4.69, 9.17) is 0 Å². The average molecular weight is 378 g/mol. The minimum Gasteiger partial charge on any atom is -0.507 e. The molecule has 2 rings (SSSR count). The van der Waals surface area contributed by atoms with Crippen LogP contribution in [0.5, 0.6) is 0 Å². The SMILES string of the molecule is O=C(C=C(O)c1ccccc1)CCCCCCC(=O)/C=C(\O)c1ccccc1. The van der Waals surface area contributed by atoms with Crippen LogP contribution >= 0.6 is 0 Å². The fourth-order valence-corrected chi connectivity index (χ4v) is 2.79. The molecule has 2 aromatic rings. The number of aliphatic hydroxyl groups is 2. The molecule has 0 saturated heterocycles. The van der Waals surface area contributed by atoms with E-state index in [1.165, 1.54) is 12.2 Å². The Morgan fingerprint density at radius 1 is 0.607 bits per heavy atom. The summed E-state index contributed by atoms with van der Waals surface area (Å²) in [5.74, 6) is -0.233. The zero-order chi connectivity index (χ0) is 20.2. The lowest BCUT2D eigenvalue weighted by Crippen LogP contribution is -1.97. The van der Waals surface area contributed by atoms with Crippen molar-refractivity contribution in [3.05, 3.63) is 83.9 Å². The van der Waals surface area contributed by atoms with E-state index in [9.17, 15) is 19.8 Å². The van der Waals surface area contributed by atoms with Crippen LogP contribution in [0.3, 0.4) is 0 Å². The van der Waals surface area contributed by atoms with Crippen molar-refractivity contribution in [3.63, 3.8) is 0 Å². The van der Waals surface area contributed by atoms with Crippen LogP contribution in [0.1, 0.15) is 49.7 Å². The predicted molar refractivity (Wildman–Crippen MR) is 112 cm³/mol. The van der Waals surface area contributed by atoms with E-state index in [1.54, 1.807) is 48.5 Å². The summed E-state index contributed by atoms with van der Waals surface area (Å²) in [5, 5.41) is 19.8. The highest BCUT2D eigenvalue weighted by molar-refractivity contribution is 5.95. The lowest BCUT2D eigenvalue weighted by Gasteiger charge is -2.02. The molecule has 0 aromatic heterocycles. The molecule has 0 aliphatic carbocycles. The van der Waals surface area contributed by atoms with Gasteiger partial charge < -0.3 is 10.2 Å². The number of hydrogen-bond acceptors (Lipinski definition) is 4. The Labute approximate surface area is 165 Å². The zero-order valence-electron chi connectivity index (χ0n) is 15.9. The zero-order valence-corrected chi connectivity index (χ0v) is 15.9. The molecule has 28 heavy (non-hydrogen) atoms. The minimum absolute atomic E-state index is 0.0128. The van der Waals surface area contributed by atoms with Crippen LogP contribution < -0.4 is 0 Å². The van der Waals surface area contributed by atoms with Crippen molar-refractivity contribution in [3.8, 4) is 0 Å². The summed E-state index contributed by atoms with van der Waals surface area (Å²) >= 11 is 0. The molecule has 0 atom stereocenters. The van der Waals surface area contributed by atoms with Gasteiger partial charge in [-0.05, 0) is 12.8 Å². The molecule has 2 aromatic carbocycles. The number of benzene rings is 2. The number of allylic oxidation sites excluding steroid dienone is 2. The number of rotatable bonds is 11. The Hall–Kier alpha value is -3.14. The Bertz CT molecular complexity index is 749. The van der Waals surface area contributed by atoms with Crippen LogP contribution in [0, 0.1) is 0 Å². The summed E-state index contributed by atoms with van der Waals surface area (Å²) in [7, 11) is 0. The molecule has 4 nitrogen and oxygen atoms in total. The largest absolute Gasteiger partial charge is 0.507 e. The highest BCUT2D eigenvalue weighted by Gasteiger charge is 2.05. The second-order valence-electron chi connectivity index (χ2n) is 6.64. The lowest BCUT2D eigenvalue weighted by atomic mass is 10.1. The van der Waals surface area contributed by atoms with Gasteiger partial charge in [-0.3, -0.25) is 9.59 Å². The van der Waals surface area contributed by atoms with E-state index in [0.29, 0.717) is 24.0 Å². The minimum atomic E-state index is -0.104. The molecule has 146 valence electrons. The van der Waals surface area contributed by atoms with Gasteiger partial charge in [-0.15, -0.1) is 0 Å². The van der Waals surface area contributed by atoms with Crippen molar-refractivity contribution in [1.29, 1.82) is 0 Å². The van der Waals surface area contributed by atoms with Gasteiger partial charge in [0.1, 0.15) is 11.5 Å². The van der Waals surface area contributed by atoms with Crippen molar-refractivity contribution >= 4 is 23.1 Å². The first kappa shape index (κ1) is 21.2. The highest BCUT2D eigenvalue weighted by atomic mass is 16.3. The molecule has 0 saturated carbocycles. The molecule has 0 aliphatic rings. The Kier molecular flexibility index (Phi) is 8.73. The molecule has 0 unspecified atom stereocenters. The Balaban J connectivity index is 1.62. The molecular formula is C24H26O4. The van der Waals surface area contributed by atoms with E-state index in [0.717, 1.165) is 25.7 Å². The number of ketones is 2. The molecule has 0 bridgehead atoms. The van der Waals surface area contributed by atoms with Crippen molar-refractivity contribution in [2.45, 2.75) is 38.5 Å². The first-order chi connectivity index (χ1) is 13.6. The number of aliphatic hydroxyl groups excluding tert-OH is 2. The van der Waals surface area contributed by atoms with Crippen molar-refractivity contribution < 1.29 is 19.8 Å². The smallest absolute Gasteiger partial charge is 0.159 e. The van der Waals surface area contributed by atoms with Gasteiger partial charge >= 0.3 is 0 Å². The number of carbonyl (C=O) groups is 2. The summed E-state index contributed by atoms with van der Waals surface area (Å²) in [5.41, 5.74) is 1.25. The van der Waals surface area contributed by atoms with Crippen LogP contribution in [-0.4, -0.2) is 21.8 Å². The summed E-state index contributed by atoms with van der Waals surface area (Å²) in [6.07, 6.45) is 6.42. The standard InChI is InChI=1S/C24H26O4/c25-21(17-23(27)19-11-5-3-6-12-19)15-9-1-2-10-16-22(26)18-24(28)20-13-7-4-8-14-20/h3-8,11-14,17-18,27-28H,1-2,9-10,15-16H2/b23-17-,24-18?. The van der Waals surface area contributed by atoms with Gasteiger partial charge in [0.15, 0.2) is 11.6 Å². The second kappa shape index (κ2) is 11.5. The molecular weight excluding hydrogens is 352 g/mol. The summed E-state index contributed by atoms with van der Waals surface area (Å²) in [4.78, 5) is 23.8. The fourth-order valence-electron chi connectivity index (χ4n) is 2.79. The number of unbranched alkanes of at least 4 members (excludes halogenated alkanes) is 3. The number of hydrogen-bond donors (Lipinski definition) is 2. The third-order valence-electron chi connectivity index (χ3n) is 4.33. The first-order valence-electron chi connectivity index (χ1n) is 9.54. The van der Waals surface area contributed by atoms with Gasteiger partial charge in [0, 0.05) is 36.1 Å². The Morgan fingerprint density at radius 3 is 1.32 bits per heavy atom. The van der Waals surface area contributed by atoms with E-state index in [-0.39, 0.29) is 23.1 Å². The van der Waals surface area contributed by atoms with Gasteiger partial charge in [-0.1, -0.05) is 73.5 Å². The van der Waals surface area contributed by atoms with Gasteiger partial charge in [-0.2, -0.15) is 0 Å². The summed E-state index contributed by atoms with van der Waals surface area (Å²) < 4.78 is 0. The Morgan fingerprint density at radius 2 is 0.964 bits per heavy atom. The van der Waals surface area contributed by atoms with Crippen LogP contribution in [-0.2, 0) is 9.59 Å². The maximum Gasteiger partial charge on any atom is 0.159 e. The summed E-state index contributed by atoms with van der Waals surface area (Å²) in [6, 6.07) is 17.9. The number of carbonyl (C=O) groups excluding carboxylic acids is 2. The highest BCUT2D eigenvalue weighted by Crippen LogP contribution is 2.14. The van der Waals surface area contributed by atoms with Crippen LogP contribution in [0.25, 0.3) is 11.5 Å². The van der Waals surface area contributed by atoms with E-state index in [1.807, 2.05) is 12.1 Å². The third kappa shape index (κ3) is 7.62. The molecule has 0 fully saturated rings. The fraction of sp³-hybridized carbons (Fsp3) is 0.250. The second-order valence-corrected chi connectivity index (χ2v) is 6.64. The molecule has 2 N–H and O–H groups in total. The van der Waals surface area contributed by atoms with Crippen LogP contribution in [0.4, 0.5) is 0 Å². The molecule has 4 heteroatoms. The molecule has 0 amide bonds. The topological polar surface area (TPSA) is 74.6 Å². The third-order valence-corrected chi connectivity index (χ3v) is 4.33. The molecule has 0 spiro atoms. The maximum atomic E-state index is 11.9. The van der Waals surface area contributed by atoms with Gasteiger partial charge in [0.05, 0.1) is 0 Å². The first-order valence-corrected chi connectivity index (χ1v) is 9.54. The van der Waals surface area contributed by atoms with E-state index in [2.05, 4.69) is 0 Å². The normalized spacial score (nSPS) is 12.0. The molecule has 0 heterocycles. The quantitative estimate of drug-likeness (QED) is 0.300. The van der Waals surface area contributed by atoms with Crippen molar-refractivity contribution in [1.82, 2.24) is 0 Å². The molecule has 0 aliphatic heterocycles. The van der Waals surface area contributed by atoms with E-state index >= 15 is 0 Å². The average Bonchev–Trinajstić information content (AvgIpc) is 2.71. The monoisotopic (exact) mass is 378 g/mol. The lowest BCUT2D eigenvalue weighted by molar-refractivity contribution is -0.115. The van der Waals surface area contributed by atoms with Gasteiger partial charge in [-0.25, -0.2) is 0 Å². The van der Waals surface area contributed by atoms with Gasteiger partial charge in [0.2, 0.25) is 0 Å².